The monoisotopic (exact) mass is 213 g/mol. The molecule has 1 aliphatic rings. The van der Waals surface area contributed by atoms with Gasteiger partial charge in [0.25, 0.3) is 0 Å². The summed E-state index contributed by atoms with van der Waals surface area (Å²) in [5.74, 6) is -0.134. The fourth-order valence-electron chi connectivity index (χ4n) is 1.48. The van der Waals surface area contributed by atoms with Gasteiger partial charge in [-0.1, -0.05) is 13.3 Å². The SMILES string of the molecule is CCCCNC(=O)C[C@@H]1NCCNC1=O. The van der Waals surface area contributed by atoms with Crippen LogP contribution in [0.15, 0.2) is 0 Å². The van der Waals surface area contributed by atoms with E-state index < -0.39 is 0 Å². The highest BCUT2D eigenvalue weighted by atomic mass is 16.2. The van der Waals surface area contributed by atoms with Gasteiger partial charge in [-0.25, -0.2) is 0 Å². The molecule has 0 unspecified atom stereocenters. The molecule has 0 spiro atoms. The first-order valence-electron chi connectivity index (χ1n) is 5.52. The lowest BCUT2D eigenvalue weighted by Gasteiger charge is -2.22. The summed E-state index contributed by atoms with van der Waals surface area (Å²) in [5, 5.41) is 8.53. The van der Waals surface area contributed by atoms with E-state index in [4.69, 9.17) is 0 Å². The Morgan fingerprint density at radius 3 is 3.00 bits per heavy atom. The molecule has 1 aliphatic heterocycles. The lowest BCUT2D eigenvalue weighted by molar-refractivity contribution is -0.129. The molecule has 0 aromatic heterocycles. The molecule has 1 atom stereocenters. The minimum absolute atomic E-state index is 0.0574. The summed E-state index contributed by atoms with van der Waals surface area (Å²) in [6.07, 6.45) is 2.27. The smallest absolute Gasteiger partial charge is 0.237 e. The molecule has 0 aromatic rings. The number of hydrogen-bond donors (Lipinski definition) is 3. The van der Waals surface area contributed by atoms with Gasteiger partial charge in [0.1, 0.15) is 0 Å². The number of unbranched alkanes of at least 4 members (excludes halogenated alkanes) is 1. The minimum Gasteiger partial charge on any atom is -0.356 e. The first-order chi connectivity index (χ1) is 7.24. The van der Waals surface area contributed by atoms with Gasteiger partial charge in [-0.05, 0) is 6.42 Å². The maximum Gasteiger partial charge on any atom is 0.237 e. The number of amides is 2. The topological polar surface area (TPSA) is 70.2 Å². The molecule has 3 N–H and O–H groups in total. The van der Waals surface area contributed by atoms with Crippen LogP contribution in [0, 0.1) is 0 Å². The van der Waals surface area contributed by atoms with Crippen LogP contribution in [0.3, 0.4) is 0 Å². The third-order valence-corrected chi connectivity index (χ3v) is 2.37. The standard InChI is InChI=1S/C10H19N3O2/c1-2-3-4-12-9(14)7-8-10(15)13-6-5-11-8/h8,11H,2-7H2,1H3,(H,12,14)(H,13,15)/t8-/m0/s1. The normalized spacial score (nSPS) is 20.9. The molecular formula is C10H19N3O2. The first kappa shape index (κ1) is 12.0. The molecule has 0 aliphatic carbocycles. The van der Waals surface area contributed by atoms with E-state index in [1.165, 1.54) is 0 Å². The zero-order chi connectivity index (χ0) is 11.1. The van der Waals surface area contributed by atoms with Gasteiger partial charge in [-0.3, -0.25) is 9.59 Å². The van der Waals surface area contributed by atoms with Crippen LogP contribution in [0.25, 0.3) is 0 Å². The van der Waals surface area contributed by atoms with Gasteiger partial charge in [0.15, 0.2) is 0 Å². The zero-order valence-electron chi connectivity index (χ0n) is 9.14. The Hall–Kier alpha value is -1.10. The predicted molar refractivity (Wildman–Crippen MR) is 57.3 cm³/mol. The van der Waals surface area contributed by atoms with Gasteiger partial charge in [-0.15, -0.1) is 0 Å². The second kappa shape index (κ2) is 6.40. The van der Waals surface area contributed by atoms with Crippen molar-refractivity contribution >= 4 is 11.8 Å². The van der Waals surface area contributed by atoms with Gasteiger partial charge in [0.2, 0.25) is 11.8 Å². The van der Waals surface area contributed by atoms with E-state index in [9.17, 15) is 9.59 Å². The molecule has 15 heavy (non-hydrogen) atoms. The van der Waals surface area contributed by atoms with Crippen LogP contribution < -0.4 is 16.0 Å². The molecule has 1 fully saturated rings. The van der Waals surface area contributed by atoms with Gasteiger partial charge in [0.05, 0.1) is 12.5 Å². The molecule has 1 rings (SSSR count). The van der Waals surface area contributed by atoms with Crippen LogP contribution in [0.2, 0.25) is 0 Å². The van der Waals surface area contributed by atoms with Crippen molar-refractivity contribution in [2.45, 2.75) is 32.2 Å². The summed E-state index contributed by atoms with van der Waals surface area (Å²) >= 11 is 0. The number of rotatable bonds is 5. The molecule has 1 saturated heterocycles. The summed E-state index contributed by atoms with van der Waals surface area (Å²) in [5.41, 5.74) is 0. The van der Waals surface area contributed by atoms with E-state index in [2.05, 4.69) is 22.9 Å². The molecular weight excluding hydrogens is 194 g/mol. The highest BCUT2D eigenvalue weighted by molar-refractivity contribution is 5.88. The third-order valence-electron chi connectivity index (χ3n) is 2.37. The van der Waals surface area contributed by atoms with Crippen molar-refractivity contribution in [3.63, 3.8) is 0 Å². The lowest BCUT2D eigenvalue weighted by Crippen LogP contribution is -2.54. The zero-order valence-corrected chi connectivity index (χ0v) is 9.14. The molecule has 5 heteroatoms. The number of nitrogens with one attached hydrogen (secondary N) is 3. The van der Waals surface area contributed by atoms with Crippen LogP contribution in [0.5, 0.6) is 0 Å². The first-order valence-corrected chi connectivity index (χ1v) is 5.52. The summed E-state index contributed by atoms with van der Waals surface area (Å²) in [6.45, 7) is 4.15. The van der Waals surface area contributed by atoms with Crippen LogP contribution in [0.4, 0.5) is 0 Å². The highest BCUT2D eigenvalue weighted by Crippen LogP contribution is 1.96. The Morgan fingerprint density at radius 1 is 1.53 bits per heavy atom. The minimum atomic E-state index is -0.361. The molecule has 2 amide bonds. The van der Waals surface area contributed by atoms with Crippen LogP contribution in [-0.4, -0.2) is 37.5 Å². The predicted octanol–water partition coefficient (Wildman–Crippen LogP) is -0.619. The highest BCUT2D eigenvalue weighted by Gasteiger charge is 2.23. The van der Waals surface area contributed by atoms with E-state index in [1.807, 2.05) is 0 Å². The molecule has 0 aromatic carbocycles. The fourth-order valence-corrected chi connectivity index (χ4v) is 1.48. The summed E-state index contributed by atoms with van der Waals surface area (Å²) in [7, 11) is 0. The molecule has 86 valence electrons. The van der Waals surface area contributed by atoms with Crippen molar-refractivity contribution in [3.8, 4) is 0 Å². The number of carbonyl (C=O) groups is 2. The molecule has 0 bridgehead atoms. The van der Waals surface area contributed by atoms with Crippen molar-refractivity contribution in [1.29, 1.82) is 0 Å². The Bertz CT molecular complexity index is 231. The van der Waals surface area contributed by atoms with Crippen molar-refractivity contribution in [2.75, 3.05) is 19.6 Å². The van der Waals surface area contributed by atoms with Crippen molar-refractivity contribution in [3.05, 3.63) is 0 Å². The lowest BCUT2D eigenvalue weighted by atomic mass is 10.1. The van der Waals surface area contributed by atoms with Crippen molar-refractivity contribution in [2.24, 2.45) is 0 Å². The summed E-state index contributed by atoms with van der Waals surface area (Å²) < 4.78 is 0. The average molecular weight is 213 g/mol. The van der Waals surface area contributed by atoms with Gasteiger partial charge >= 0.3 is 0 Å². The maximum atomic E-state index is 11.4. The van der Waals surface area contributed by atoms with Crippen LogP contribution >= 0.6 is 0 Å². The Labute approximate surface area is 90.0 Å². The second-order valence-electron chi connectivity index (χ2n) is 3.71. The summed E-state index contributed by atoms with van der Waals surface area (Å²) in [4.78, 5) is 22.7. The summed E-state index contributed by atoms with van der Waals surface area (Å²) in [6, 6.07) is -0.361. The van der Waals surface area contributed by atoms with E-state index >= 15 is 0 Å². The average Bonchev–Trinajstić information content (AvgIpc) is 2.22. The number of hydrogen-bond acceptors (Lipinski definition) is 3. The maximum absolute atomic E-state index is 11.4. The largest absolute Gasteiger partial charge is 0.356 e. The Balaban J connectivity index is 2.21. The Morgan fingerprint density at radius 2 is 2.33 bits per heavy atom. The second-order valence-corrected chi connectivity index (χ2v) is 3.71. The molecule has 5 nitrogen and oxygen atoms in total. The fraction of sp³-hybridized carbons (Fsp3) is 0.800. The Kier molecular flexibility index (Phi) is 5.10. The number of piperazine rings is 1. The van der Waals surface area contributed by atoms with E-state index in [1.54, 1.807) is 0 Å². The van der Waals surface area contributed by atoms with E-state index in [0.29, 0.717) is 13.1 Å². The van der Waals surface area contributed by atoms with E-state index in [0.717, 1.165) is 19.4 Å². The van der Waals surface area contributed by atoms with Crippen LogP contribution in [-0.2, 0) is 9.59 Å². The number of carbonyl (C=O) groups excluding carboxylic acids is 2. The van der Waals surface area contributed by atoms with Crippen molar-refractivity contribution < 1.29 is 9.59 Å². The van der Waals surface area contributed by atoms with Crippen molar-refractivity contribution in [1.82, 2.24) is 16.0 Å². The van der Waals surface area contributed by atoms with Gasteiger partial charge in [-0.2, -0.15) is 0 Å². The van der Waals surface area contributed by atoms with Gasteiger partial charge < -0.3 is 16.0 Å². The van der Waals surface area contributed by atoms with Gasteiger partial charge in [0, 0.05) is 19.6 Å². The molecule has 0 radical (unpaired) electrons. The quantitative estimate of drug-likeness (QED) is 0.533. The molecule has 0 saturated carbocycles. The van der Waals surface area contributed by atoms with Crippen LogP contribution in [0.1, 0.15) is 26.2 Å². The van der Waals surface area contributed by atoms with E-state index in [-0.39, 0.29) is 24.3 Å². The molecule has 1 heterocycles. The third kappa shape index (κ3) is 4.29.